The number of halogens is 4. The van der Waals surface area contributed by atoms with E-state index in [0.29, 0.717) is 4.47 Å². The van der Waals surface area contributed by atoms with Gasteiger partial charge in [-0.2, -0.15) is 13.2 Å². The molecule has 0 saturated heterocycles. The Bertz CT molecular complexity index is 352. The second-order valence-corrected chi connectivity index (χ2v) is 3.75. The van der Waals surface area contributed by atoms with Crippen LogP contribution in [0.5, 0.6) is 5.75 Å². The number of hydrogen-bond acceptors (Lipinski definition) is 2. The summed E-state index contributed by atoms with van der Waals surface area (Å²) < 4.78 is 42.0. The van der Waals surface area contributed by atoms with Gasteiger partial charge < -0.3 is 9.84 Å². The first-order valence-electron chi connectivity index (χ1n) is 3.94. The van der Waals surface area contributed by atoms with Crippen LogP contribution in [-0.4, -0.2) is 18.4 Å². The minimum absolute atomic E-state index is 0.00280. The van der Waals surface area contributed by atoms with E-state index >= 15 is 0 Å². The maximum Gasteiger partial charge on any atom is 0.418 e. The minimum atomic E-state index is -4.70. The summed E-state index contributed by atoms with van der Waals surface area (Å²) in [6.45, 7) is 0. The molecule has 0 saturated carbocycles. The molecule has 2 nitrogen and oxygen atoms in total. The van der Waals surface area contributed by atoms with Crippen molar-refractivity contribution in [1.29, 1.82) is 0 Å². The van der Waals surface area contributed by atoms with Gasteiger partial charge in [0.1, 0.15) is 5.75 Å². The van der Waals surface area contributed by atoms with Crippen molar-refractivity contribution in [2.45, 2.75) is 12.3 Å². The van der Waals surface area contributed by atoms with Crippen molar-refractivity contribution >= 4 is 15.9 Å². The lowest BCUT2D eigenvalue weighted by Crippen LogP contribution is -2.20. The molecule has 0 fully saturated rings. The highest BCUT2D eigenvalue weighted by molar-refractivity contribution is 9.10. The predicted molar refractivity (Wildman–Crippen MR) is 51.7 cm³/mol. The molecule has 1 aromatic rings. The number of aliphatic hydroxyl groups excluding tert-OH is 1. The van der Waals surface area contributed by atoms with Crippen molar-refractivity contribution in [2.75, 3.05) is 7.11 Å². The van der Waals surface area contributed by atoms with Gasteiger partial charge in [0.25, 0.3) is 0 Å². The molecule has 1 rings (SSSR count). The zero-order valence-electron chi connectivity index (χ0n) is 7.68. The van der Waals surface area contributed by atoms with Gasteiger partial charge in [0.05, 0.1) is 7.11 Å². The van der Waals surface area contributed by atoms with Crippen LogP contribution < -0.4 is 4.74 Å². The SMILES string of the molecule is COc1ccc(Br)cc1[C@H](O)C(F)(F)F. The van der Waals surface area contributed by atoms with Gasteiger partial charge >= 0.3 is 6.18 Å². The smallest absolute Gasteiger partial charge is 0.418 e. The fraction of sp³-hybridized carbons (Fsp3) is 0.333. The number of rotatable bonds is 2. The van der Waals surface area contributed by atoms with Gasteiger partial charge in [-0.15, -0.1) is 0 Å². The molecule has 1 aromatic carbocycles. The summed E-state index contributed by atoms with van der Waals surface area (Å²) in [5.41, 5.74) is -0.306. The summed E-state index contributed by atoms with van der Waals surface area (Å²) in [6, 6.07) is 4.07. The second kappa shape index (κ2) is 4.40. The van der Waals surface area contributed by atoms with E-state index in [0.717, 1.165) is 0 Å². The molecular weight excluding hydrogens is 277 g/mol. The number of aliphatic hydroxyl groups is 1. The summed E-state index contributed by atoms with van der Waals surface area (Å²) in [6.07, 6.45) is -7.24. The average Bonchev–Trinajstić information content (AvgIpc) is 2.15. The lowest BCUT2D eigenvalue weighted by Gasteiger charge is -2.17. The van der Waals surface area contributed by atoms with Crippen LogP contribution in [0.2, 0.25) is 0 Å². The topological polar surface area (TPSA) is 29.5 Å². The number of benzene rings is 1. The quantitative estimate of drug-likeness (QED) is 0.905. The molecule has 84 valence electrons. The molecule has 0 amide bonds. The van der Waals surface area contributed by atoms with Crippen molar-refractivity contribution in [3.05, 3.63) is 28.2 Å². The highest BCUT2D eigenvalue weighted by Gasteiger charge is 2.40. The fourth-order valence-electron chi connectivity index (χ4n) is 1.10. The molecule has 0 aromatic heterocycles. The Morgan fingerprint density at radius 1 is 1.40 bits per heavy atom. The Hall–Kier alpha value is -0.750. The van der Waals surface area contributed by atoms with E-state index < -0.39 is 12.3 Å². The Labute approximate surface area is 92.8 Å². The van der Waals surface area contributed by atoms with E-state index in [9.17, 15) is 13.2 Å². The van der Waals surface area contributed by atoms with E-state index in [4.69, 9.17) is 9.84 Å². The molecule has 0 spiro atoms. The molecule has 15 heavy (non-hydrogen) atoms. The normalized spacial score (nSPS) is 13.7. The Morgan fingerprint density at radius 3 is 2.47 bits per heavy atom. The summed E-state index contributed by atoms with van der Waals surface area (Å²) in [4.78, 5) is 0. The molecule has 0 aliphatic heterocycles. The first kappa shape index (κ1) is 12.3. The van der Waals surface area contributed by atoms with Crippen LogP contribution in [0.15, 0.2) is 22.7 Å². The molecular formula is C9H8BrF3O2. The Kier molecular flexibility index (Phi) is 3.62. The van der Waals surface area contributed by atoms with Gasteiger partial charge in [-0.25, -0.2) is 0 Å². The van der Waals surface area contributed by atoms with Gasteiger partial charge in [0, 0.05) is 10.0 Å². The third-order valence-electron chi connectivity index (χ3n) is 1.80. The van der Waals surface area contributed by atoms with Crippen molar-refractivity contribution in [3.63, 3.8) is 0 Å². The number of methoxy groups -OCH3 is 1. The van der Waals surface area contributed by atoms with E-state index in [1.165, 1.54) is 25.3 Å². The highest BCUT2D eigenvalue weighted by Crippen LogP contribution is 2.38. The van der Waals surface area contributed by atoms with Gasteiger partial charge in [-0.3, -0.25) is 0 Å². The van der Waals surface area contributed by atoms with Crippen LogP contribution >= 0.6 is 15.9 Å². The van der Waals surface area contributed by atoms with Crippen LogP contribution in [0.3, 0.4) is 0 Å². The molecule has 0 radical (unpaired) electrons. The molecule has 0 unspecified atom stereocenters. The van der Waals surface area contributed by atoms with Gasteiger partial charge in [0.15, 0.2) is 6.10 Å². The predicted octanol–water partition coefficient (Wildman–Crippen LogP) is 3.05. The molecule has 0 heterocycles. The lowest BCUT2D eigenvalue weighted by atomic mass is 10.1. The Balaban J connectivity index is 3.17. The zero-order valence-corrected chi connectivity index (χ0v) is 9.26. The van der Waals surface area contributed by atoms with E-state index in [1.54, 1.807) is 0 Å². The van der Waals surface area contributed by atoms with Crippen LogP contribution in [0, 0.1) is 0 Å². The third-order valence-corrected chi connectivity index (χ3v) is 2.29. The van der Waals surface area contributed by atoms with Crippen LogP contribution in [0.1, 0.15) is 11.7 Å². The molecule has 0 aliphatic rings. The molecule has 1 atom stereocenters. The molecule has 6 heteroatoms. The maximum absolute atomic E-state index is 12.3. The number of hydrogen-bond donors (Lipinski definition) is 1. The lowest BCUT2D eigenvalue weighted by molar-refractivity contribution is -0.207. The van der Waals surface area contributed by atoms with Gasteiger partial charge in [0.2, 0.25) is 0 Å². The third kappa shape index (κ3) is 2.85. The maximum atomic E-state index is 12.3. The second-order valence-electron chi connectivity index (χ2n) is 2.83. The standard InChI is InChI=1S/C9H8BrF3O2/c1-15-7-3-2-5(10)4-6(7)8(14)9(11,12)13/h2-4,8,14H,1H3/t8-/m0/s1. The molecule has 1 N–H and O–H groups in total. The highest BCUT2D eigenvalue weighted by atomic mass is 79.9. The van der Waals surface area contributed by atoms with Crippen molar-refractivity contribution in [2.24, 2.45) is 0 Å². The van der Waals surface area contributed by atoms with Crippen molar-refractivity contribution in [3.8, 4) is 5.75 Å². The summed E-state index contributed by atoms with van der Waals surface area (Å²) in [7, 11) is 1.25. The number of alkyl halides is 3. The van der Waals surface area contributed by atoms with Crippen molar-refractivity contribution < 1.29 is 23.0 Å². The molecule has 0 bridgehead atoms. The molecule has 0 aliphatic carbocycles. The Morgan fingerprint density at radius 2 is 2.00 bits per heavy atom. The van der Waals surface area contributed by atoms with Gasteiger partial charge in [-0.1, -0.05) is 15.9 Å². The fourth-order valence-corrected chi connectivity index (χ4v) is 1.47. The first-order valence-corrected chi connectivity index (χ1v) is 4.73. The summed E-state index contributed by atoms with van der Waals surface area (Å²) in [5.74, 6) is 0.00280. The minimum Gasteiger partial charge on any atom is -0.496 e. The monoisotopic (exact) mass is 284 g/mol. The summed E-state index contributed by atoms with van der Waals surface area (Å²) >= 11 is 3.03. The first-order chi connectivity index (χ1) is 6.86. The largest absolute Gasteiger partial charge is 0.496 e. The zero-order chi connectivity index (χ0) is 11.6. The van der Waals surface area contributed by atoms with Crippen LogP contribution in [0.4, 0.5) is 13.2 Å². The van der Waals surface area contributed by atoms with Crippen molar-refractivity contribution in [1.82, 2.24) is 0 Å². The van der Waals surface area contributed by atoms with E-state index in [-0.39, 0.29) is 11.3 Å². The van der Waals surface area contributed by atoms with E-state index in [2.05, 4.69) is 15.9 Å². The van der Waals surface area contributed by atoms with E-state index in [1.807, 2.05) is 0 Å². The van der Waals surface area contributed by atoms with Crippen LogP contribution in [0.25, 0.3) is 0 Å². The van der Waals surface area contributed by atoms with Gasteiger partial charge in [-0.05, 0) is 18.2 Å². The summed E-state index contributed by atoms with van der Waals surface area (Å²) in [5, 5.41) is 9.07. The number of ether oxygens (including phenoxy) is 1. The van der Waals surface area contributed by atoms with Crippen LogP contribution in [-0.2, 0) is 0 Å². The average molecular weight is 285 g/mol.